The van der Waals surface area contributed by atoms with Gasteiger partial charge in [0.15, 0.2) is 0 Å². The molecule has 3 nitrogen and oxygen atoms in total. The lowest BCUT2D eigenvalue weighted by molar-refractivity contribution is 0.853. The van der Waals surface area contributed by atoms with E-state index in [0.717, 1.165) is 27.3 Å². The van der Waals surface area contributed by atoms with Crippen molar-refractivity contribution in [1.29, 1.82) is 0 Å². The van der Waals surface area contributed by atoms with Crippen molar-refractivity contribution in [3.05, 3.63) is 76.6 Å². The molecule has 1 heterocycles. The van der Waals surface area contributed by atoms with Gasteiger partial charge in [-0.25, -0.2) is 4.68 Å². The van der Waals surface area contributed by atoms with E-state index >= 15 is 0 Å². The van der Waals surface area contributed by atoms with Crippen molar-refractivity contribution in [3.8, 4) is 5.69 Å². The number of aryl methyl sites for hydroxylation is 1. The van der Waals surface area contributed by atoms with Gasteiger partial charge in [-0.15, -0.1) is 0 Å². The highest BCUT2D eigenvalue weighted by Gasteiger charge is 2.07. The molecule has 0 fully saturated rings. The summed E-state index contributed by atoms with van der Waals surface area (Å²) in [5.41, 5.74) is 3.88. The largest absolute Gasteiger partial charge is 0.297 e. The van der Waals surface area contributed by atoms with Crippen LogP contribution < -0.4 is 0 Å². The second-order valence-electron chi connectivity index (χ2n) is 4.72. The molecule has 3 rings (SSSR count). The maximum atomic E-state index is 5.55. The Hall–Kier alpha value is -2.46. The summed E-state index contributed by atoms with van der Waals surface area (Å²) in [4.78, 5) is 4.48. The van der Waals surface area contributed by atoms with E-state index in [1.165, 1.54) is 0 Å². The normalized spacial score (nSPS) is 11.1. The molecule has 0 bridgehead atoms. The maximum absolute atomic E-state index is 5.55. The molecular weight excluding hydrogens is 278 g/mol. The Morgan fingerprint density at radius 3 is 2.29 bits per heavy atom. The molecule has 0 aliphatic heterocycles. The lowest BCUT2D eigenvalue weighted by Gasteiger charge is -2.01. The molecule has 0 radical (unpaired) electrons. The first-order chi connectivity index (χ1) is 10.3. The first kappa shape index (κ1) is 13.5. The minimum Gasteiger partial charge on any atom is -0.297 e. The van der Waals surface area contributed by atoms with Crippen LogP contribution in [-0.4, -0.2) is 16.0 Å². The fourth-order valence-corrected chi connectivity index (χ4v) is 2.48. The van der Waals surface area contributed by atoms with E-state index in [4.69, 9.17) is 12.2 Å². The summed E-state index contributed by atoms with van der Waals surface area (Å²) in [6.07, 6.45) is 1.82. The third-order valence-corrected chi connectivity index (χ3v) is 3.63. The molecule has 2 aromatic carbocycles. The zero-order valence-electron chi connectivity index (χ0n) is 11.7. The number of H-pyrrole nitrogens is 1. The van der Waals surface area contributed by atoms with Crippen molar-refractivity contribution in [3.63, 3.8) is 0 Å². The third-order valence-electron chi connectivity index (χ3n) is 3.23. The van der Waals surface area contributed by atoms with Crippen LogP contribution in [0, 0.1) is 11.6 Å². The zero-order valence-corrected chi connectivity index (χ0v) is 12.5. The van der Waals surface area contributed by atoms with Crippen LogP contribution in [0.2, 0.25) is 0 Å². The highest BCUT2D eigenvalue weighted by Crippen LogP contribution is 2.15. The van der Waals surface area contributed by atoms with Crippen LogP contribution in [0.3, 0.4) is 0 Å². The average Bonchev–Trinajstić information content (AvgIpc) is 2.82. The molecule has 0 saturated carbocycles. The Bertz CT molecular complexity index is 814. The molecule has 21 heavy (non-hydrogen) atoms. The maximum Gasteiger partial charge on any atom is 0.136 e. The van der Waals surface area contributed by atoms with Gasteiger partial charge in [0.2, 0.25) is 0 Å². The smallest absolute Gasteiger partial charge is 0.136 e. The number of para-hydroxylation sites is 2. The van der Waals surface area contributed by atoms with Crippen LogP contribution >= 0.6 is 12.2 Å². The number of rotatable bonds is 3. The first-order valence-corrected chi connectivity index (χ1v) is 7.13. The second kappa shape index (κ2) is 5.89. The summed E-state index contributed by atoms with van der Waals surface area (Å²) in [5.74, 6) is 0. The molecule has 1 aromatic heterocycles. The predicted molar refractivity (Wildman–Crippen MR) is 89.4 cm³/mol. The summed E-state index contributed by atoms with van der Waals surface area (Å²) < 4.78 is 2.63. The summed E-state index contributed by atoms with van der Waals surface area (Å²) in [5, 5.41) is 3.29. The molecule has 3 aromatic rings. The fourth-order valence-electron chi connectivity index (χ4n) is 2.12. The van der Waals surface area contributed by atoms with E-state index in [-0.39, 0.29) is 0 Å². The average molecular weight is 293 g/mol. The third kappa shape index (κ3) is 2.85. The van der Waals surface area contributed by atoms with Gasteiger partial charge in [0, 0.05) is 11.9 Å². The Kier molecular flexibility index (Phi) is 3.79. The molecule has 4 heteroatoms. The predicted octanol–water partition coefficient (Wildman–Crippen LogP) is 4.59. The van der Waals surface area contributed by atoms with E-state index in [0.29, 0.717) is 0 Å². The molecule has 0 amide bonds. The molecule has 0 aliphatic carbocycles. The molecule has 0 aliphatic rings. The molecule has 104 valence electrons. The highest BCUT2D eigenvalue weighted by atomic mass is 32.1. The van der Waals surface area contributed by atoms with Gasteiger partial charge in [-0.3, -0.25) is 10.1 Å². The minimum absolute atomic E-state index is 0.735. The van der Waals surface area contributed by atoms with Gasteiger partial charge in [0.25, 0.3) is 0 Å². The number of hydrogen-bond donors (Lipinski definition) is 1. The first-order valence-electron chi connectivity index (χ1n) is 6.72. The Balaban J connectivity index is 2.00. The molecule has 1 N–H and O–H groups in total. The number of hydrogen-bond acceptors (Lipinski definition) is 2. The minimum atomic E-state index is 0.735. The van der Waals surface area contributed by atoms with E-state index in [1.54, 1.807) is 0 Å². The van der Waals surface area contributed by atoms with Crippen LogP contribution in [0.1, 0.15) is 11.3 Å². The standard InChI is InChI=1S/C17H15N3S/c1-13-16(12-18-14-8-4-2-5-9-14)17(21)20(19-13)15-10-6-3-7-11-15/h2-12,19H,1H3. The van der Waals surface area contributed by atoms with Crippen molar-refractivity contribution >= 4 is 24.1 Å². The van der Waals surface area contributed by atoms with Gasteiger partial charge in [0.05, 0.1) is 16.9 Å². The van der Waals surface area contributed by atoms with Crippen LogP contribution in [0.5, 0.6) is 0 Å². The summed E-state index contributed by atoms with van der Waals surface area (Å²) >= 11 is 5.55. The lowest BCUT2D eigenvalue weighted by Crippen LogP contribution is -1.95. The van der Waals surface area contributed by atoms with Crippen LogP contribution in [0.25, 0.3) is 5.69 Å². The number of nitrogens with one attached hydrogen (secondary N) is 1. The van der Waals surface area contributed by atoms with Crippen molar-refractivity contribution in [2.75, 3.05) is 0 Å². The quantitative estimate of drug-likeness (QED) is 0.556. The second-order valence-corrected chi connectivity index (χ2v) is 5.11. The Labute approximate surface area is 128 Å². The molecular formula is C17H15N3S. The van der Waals surface area contributed by atoms with E-state index in [1.807, 2.05) is 78.5 Å². The highest BCUT2D eigenvalue weighted by molar-refractivity contribution is 7.71. The van der Waals surface area contributed by atoms with Gasteiger partial charge in [-0.05, 0) is 31.2 Å². The lowest BCUT2D eigenvalue weighted by atomic mass is 10.3. The summed E-state index contributed by atoms with van der Waals surface area (Å²) in [7, 11) is 0. The van der Waals surface area contributed by atoms with E-state index in [9.17, 15) is 0 Å². The molecule has 0 saturated heterocycles. The van der Waals surface area contributed by atoms with Crippen LogP contribution in [0.4, 0.5) is 5.69 Å². The summed E-state index contributed by atoms with van der Waals surface area (Å²) in [6, 6.07) is 19.8. The van der Waals surface area contributed by atoms with Gasteiger partial charge in [-0.2, -0.15) is 0 Å². The van der Waals surface area contributed by atoms with Crippen molar-refractivity contribution in [2.24, 2.45) is 4.99 Å². The van der Waals surface area contributed by atoms with Gasteiger partial charge >= 0.3 is 0 Å². The van der Waals surface area contributed by atoms with Crippen LogP contribution in [-0.2, 0) is 0 Å². The topological polar surface area (TPSA) is 33.1 Å². The summed E-state index contributed by atoms with van der Waals surface area (Å²) in [6.45, 7) is 2.00. The Morgan fingerprint density at radius 1 is 1.00 bits per heavy atom. The van der Waals surface area contributed by atoms with Crippen molar-refractivity contribution in [2.45, 2.75) is 6.92 Å². The number of benzene rings is 2. The van der Waals surface area contributed by atoms with Crippen molar-refractivity contribution in [1.82, 2.24) is 9.78 Å². The van der Waals surface area contributed by atoms with Gasteiger partial charge in [0.1, 0.15) is 4.64 Å². The Morgan fingerprint density at radius 2 is 1.62 bits per heavy atom. The SMILES string of the molecule is Cc1[nH]n(-c2ccccc2)c(=S)c1C=Nc1ccccc1. The van der Waals surface area contributed by atoms with Gasteiger partial charge < -0.3 is 0 Å². The number of aliphatic imine (C=N–C) groups is 1. The number of nitrogens with zero attached hydrogens (tertiary/aromatic N) is 2. The fraction of sp³-hybridized carbons (Fsp3) is 0.0588. The number of aromatic amines is 1. The molecule has 0 atom stereocenters. The monoisotopic (exact) mass is 293 g/mol. The molecule has 0 spiro atoms. The van der Waals surface area contributed by atoms with Crippen molar-refractivity contribution < 1.29 is 0 Å². The van der Waals surface area contributed by atoms with Gasteiger partial charge in [-0.1, -0.05) is 48.6 Å². The van der Waals surface area contributed by atoms with Crippen LogP contribution in [0.15, 0.2) is 65.7 Å². The zero-order chi connectivity index (χ0) is 14.7. The number of aromatic nitrogens is 2. The van der Waals surface area contributed by atoms with E-state index < -0.39 is 0 Å². The van der Waals surface area contributed by atoms with E-state index in [2.05, 4.69) is 10.1 Å². The molecule has 0 unspecified atom stereocenters.